The molecule has 0 aliphatic carbocycles. The molecule has 0 saturated carbocycles. The highest BCUT2D eigenvalue weighted by atomic mass is 16.5. The molecule has 0 saturated heterocycles. The molecule has 0 fully saturated rings. The summed E-state index contributed by atoms with van der Waals surface area (Å²) in [6.07, 6.45) is 1.35. The van der Waals surface area contributed by atoms with Gasteiger partial charge in [-0.05, 0) is 69.4 Å². The zero-order valence-electron chi connectivity index (χ0n) is 15.0. The van der Waals surface area contributed by atoms with Gasteiger partial charge in [0.2, 0.25) is 0 Å². The minimum Gasteiger partial charge on any atom is -0.481 e. The van der Waals surface area contributed by atoms with Crippen LogP contribution in [0.25, 0.3) is 0 Å². The largest absolute Gasteiger partial charge is 0.481 e. The van der Waals surface area contributed by atoms with E-state index in [0.717, 1.165) is 24.2 Å². The highest BCUT2D eigenvalue weighted by Gasteiger charge is 2.17. The molecule has 128 valence electrons. The maximum atomic E-state index is 12.3. The summed E-state index contributed by atoms with van der Waals surface area (Å²) in [6, 6.07) is 16.3. The van der Waals surface area contributed by atoms with Crippen molar-refractivity contribution in [1.29, 1.82) is 0 Å². The SMILES string of the molecule is Cc1ccc(O[C@H](C)C(=O)N[C@H](C)CCc2ccccc2)cc1C. The number of nitrogens with one attached hydrogen (secondary N) is 1. The van der Waals surface area contributed by atoms with Crippen LogP contribution >= 0.6 is 0 Å². The number of hydrogen-bond donors (Lipinski definition) is 1. The van der Waals surface area contributed by atoms with Crippen LogP contribution in [0.4, 0.5) is 0 Å². The molecule has 0 spiro atoms. The predicted octanol–water partition coefficient (Wildman–Crippen LogP) is 4.21. The average Bonchev–Trinajstić information content (AvgIpc) is 2.57. The molecule has 2 rings (SSSR count). The molecule has 0 heterocycles. The third kappa shape index (κ3) is 5.41. The number of hydrogen-bond acceptors (Lipinski definition) is 2. The van der Waals surface area contributed by atoms with Crippen LogP contribution in [0.15, 0.2) is 48.5 Å². The number of amides is 1. The van der Waals surface area contributed by atoms with Crippen LogP contribution in [0.1, 0.15) is 37.0 Å². The number of carbonyl (C=O) groups is 1. The van der Waals surface area contributed by atoms with Crippen LogP contribution in [0, 0.1) is 13.8 Å². The quantitative estimate of drug-likeness (QED) is 0.828. The van der Waals surface area contributed by atoms with Gasteiger partial charge >= 0.3 is 0 Å². The summed E-state index contributed by atoms with van der Waals surface area (Å²) in [7, 11) is 0. The molecule has 0 unspecified atom stereocenters. The normalized spacial score (nSPS) is 13.2. The molecule has 0 aromatic heterocycles. The molecule has 1 N–H and O–H groups in total. The summed E-state index contributed by atoms with van der Waals surface area (Å²) in [5.41, 5.74) is 3.67. The third-order valence-electron chi connectivity index (χ3n) is 4.26. The maximum absolute atomic E-state index is 12.3. The standard InChI is InChI=1S/C21H27NO2/c1-15-10-13-20(14-16(15)2)24-18(4)21(23)22-17(3)11-12-19-8-6-5-7-9-19/h5-10,13-14,17-18H,11-12H2,1-4H3,(H,22,23)/t17-,18-/m1/s1. The lowest BCUT2D eigenvalue weighted by Crippen LogP contribution is -2.41. The molecule has 0 bridgehead atoms. The second-order valence-corrected chi connectivity index (χ2v) is 6.44. The fourth-order valence-corrected chi connectivity index (χ4v) is 2.51. The topological polar surface area (TPSA) is 38.3 Å². The van der Waals surface area contributed by atoms with Gasteiger partial charge in [0.1, 0.15) is 5.75 Å². The lowest BCUT2D eigenvalue weighted by atomic mass is 10.1. The molecular formula is C21H27NO2. The van der Waals surface area contributed by atoms with Crippen molar-refractivity contribution in [2.45, 2.75) is 52.7 Å². The molecule has 0 aliphatic heterocycles. The van der Waals surface area contributed by atoms with Gasteiger partial charge in [0.05, 0.1) is 0 Å². The zero-order chi connectivity index (χ0) is 17.5. The third-order valence-corrected chi connectivity index (χ3v) is 4.26. The second-order valence-electron chi connectivity index (χ2n) is 6.44. The fourth-order valence-electron chi connectivity index (χ4n) is 2.51. The van der Waals surface area contributed by atoms with Crippen LogP contribution in [-0.2, 0) is 11.2 Å². The smallest absolute Gasteiger partial charge is 0.260 e. The number of aryl methyl sites for hydroxylation is 3. The van der Waals surface area contributed by atoms with Gasteiger partial charge in [0, 0.05) is 6.04 Å². The molecule has 1 amide bonds. The van der Waals surface area contributed by atoms with Crippen molar-refractivity contribution >= 4 is 5.91 Å². The van der Waals surface area contributed by atoms with Gasteiger partial charge < -0.3 is 10.1 Å². The lowest BCUT2D eigenvalue weighted by Gasteiger charge is -2.19. The Morgan fingerprint density at radius 2 is 1.75 bits per heavy atom. The Kier molecular flexibility index (Phi) is 6.42. The molecule has 3 nitrogen and oxygen atoms in total. The number of ether oxygens (including phenoxy) is 1. The number of benzene rings is 2. The summed E-state index contributed by atoms with van der Waals surface area (Å²) in [6.45, 7) is 7.92. The lowest BCUT2D eigenvalue weighted by molar-refractivity contribution is -0.127. The van der Waals surface area contributed by atoms with Gasteiger partial charge in [0.25, 0.3) is 5.91 Å². The first-order chi connectivity index (χ1) is 11.5. The van der Waals surface area contributed by atoms with Crippen LogP contribution < -0.4 is 10.1 Å². The number of rotatable bonds is 7. The van der Waals surface area contributed by atoms with E-state index in [4.69, 9.17) is 4.74 Å². The Morgan fingerprint density at radius 1 is 1.04 bits per heavy atom. The summed E-state index contributed by atoms with van der Waals surface area (Å²) in [4.78, 5) is 12.3. The van der Waals surface area contributed by atoms with Gasteiger partial charge in [-0.25, -0.2) is 0 Å². The van der Waals surface area contributed by atoms with E-state index >= 15 is 0 Å². The van der Waals surface area contributed by atoms with Gasteiger partial charge in [-0.1, -0.05) is 36.4 Å². The van der Waals surface area contributed by atoms with Crippen molar-refractivity contribution in [3.8, 4) is 5.75 Å². The van der Waals surface area contributed by atoms with Crippen LogP contribution in [0.3, 0.4) is 0 Å². The van der Waals surface area contributed by atoms with E-state index in [0.29, 0.717) is 0 Å². The predicted molar refractivity (Wildman–Crippen MR) is 98.4 cm³/mol. The number of carbonyl (C=O) groups excluding carboxylic acids is 1. The van der Waals surface area contributed by atoms with Gasteiger partial charge in [-0.15, -0.1) is 0 Å². The van der Waals surface area contributed by atoms with Crippen molar-refractivity contribution in [3.63, 3.8) is 0 Å². The second kappa shape index (κ2) is 8.53. The van der Waals surface area contributed by atoms with Gasteiger partial charge in [0.15, 0.2) is 6.10 Å². The van der Waals surface area contributed by atoms with E-state index in [-0.39, 0.29) is 11.9 Å². The molecule has 24 heavy (non-hydrogen) atoms. The monoisotopic (exact) mass is 325 g/mol. The van der Waals surface area contributed by atoms with Crippen molar-refractivity contribution in [2.75, 3.05) is 0 Å². The molecule has 2 atom stereocenters. The van der Waals surface area contributed by atoms with Crippen molar-refractivity contribution in [1.82, 2.24) is 5.32 Å². The van der Waals surface area contributed by atoms with E-state index in [1.54, 1.807) is 6.92 Å². The Morgan fingerprint density at radius 3 is 2.42 bits per heavy atom. The van der Waals surface area contributed by atoms with E-state index in [1.165, 1.54) is 11.1 Å². The van der Waals surface area contributed by atoms with E-state index in [2.05, 4.69) is 24.4 Å². The molecule has 0 radical (unpaired) electrons. The fraction of sp³-hybridized carbons (Fsp3) is 0.381. The van der Waals surface area contributed by atoms with E-state index in [9.17, 15) is 4.79 Å². The average molecular weight is 325 g/mol. The minimum absolute atomic E-state index is 0.0752. The van der Waals surface area contributed by atoms with Crippen molar-refractivity contribution in [3.05, 3.63) is 65.2 Å². The highest BCUT2D eigenvalue weighted by molar-refractivity contribution is 5.80. The highest BCUT2D eigenvalue weighted by Crippen LogP contribution is 2.17. The first-order valence-corrected chi connectivity index (χ1v) is 8.54. The maximum Gasteiger partial charge on any atom is 0.260 e. The van der Waals surface area contributed by atoms with Crippen molar-refractivity contribution < 1.29 is 9.53 Å². The molecule has 3 heteroatoms. The van der Waals surface area contributed by atoms with Crippen LogP contribution in [0.2, 0.25) is 0 Å². The molecule has 2 aromatic rings. The first kappa shape index (κ1) is 18.1. The Bertz CT molecular complexity index is 667. The molecule has 2 aromatic carbocycles. The summed E-state index contributed by atoms with van der Waals surface area (Å²) in [5, 5.41) is 3.03. The Hall–Kier alpha value is -2.29. The van der Waals surface area contributed by atoms with Gasteiger partial charge in [-0.3, -0.25) is 4.79 Å². The minimum atomic E-state index is -0.508. The van der Waals surface area contributed by atoms with Crippen molar-refractivity contribution in [2.24, 2.45) is 0 Å². The first-order valence-electron chi connectivity index (χ1n) is 8.54. The molecular weight excluding hydrogens is 298 g/mol. The van der Waals surface area contributed by atoms with E-state index < -0.39 is 6.10 Å². The summed E-state index contributed by atoms with van der Waals surface area (Å²) in [5.74, 6) is 0.659. The zero-order valence-corrected chi connectivity index (χ0v) is 15.0. The summed E-state index contributed by atoms with van der Waals surface area (Å²) < 4.78 is 5.76. The Labute approximate surface area is 145 Å². The van der Waals surface area contributed by atoms with E-state index in [1.807, 2.05) is 50.2 Å². The van der Waals surface area contributed by atoms with Crippen LogP contribution in [-0.4, -0.2) is 18.1 Å². The summed E-state index contributed by atoms with van der Waals surface area (Å²) >= 11 is 0. The van der Waals surface area contributed by atoms with Crippen LogP contribution in [0.5, 0.6) is 5.75 Å². The Balaban J connectivity index is 1.80. The molecule has 0 aliphatic rings. The van der Waals surface area contributed by atoms with Gasteiger partial charge in [-0.2, -0.15) is 0 Å².